The number of nitrogens with one attached hydrogen (secondary N) is 3. The summed E-state index contributed by atoms with van der Waals surface area (Å²) in [5.74, 6) is -1.25. The maximum absolute atomic E-state index is 13.8. The molecule has 8 heteroatoms. The Kier molecular flexibility index (Phi) is 6.00. The molecule has 0 aliphatic carbocycles. The van der Waals surface area contributed by atoms with Crippen LogP contribution in [-0.2, 0) is 9.59 Å². The quantitative estimate of drug-likeness (QED) is 0.741. The highest BCUT2D eigenvalue weighted by Gasteiger charge is 2.09. The second kappa shape index (κ2) is 7.99. The van der Waals surface area contributed by atoms with Gasteiger partial charge in [-0.1, -0.05) is 23.2 Å². The van der Waals surface area contributed by atoms with Gasteiger partial charge in [0.15, 0.2) is 0 Å². The molecule has 2 aromatic rings. The van der Waals surface area contributed by atoms with Crippen LogP contribution in [0.15, 0.2) is 36.4 Å². The number of carbonyl (C=O) groups excluding carboxylic acids is 2. The minimum atomic E-state index is -0.544. The Hall–Kier alpha value is -2.31. The second-order valence-corrected chi connectivity index (χ2v) is 5.75. The van der Waals surface area contributed by atoms with E-state index in [1.165, 1.54) is 31.2 Å². The zero-order valence-corrected chi connectivity index (χ0v) is 14.1. The van der Waals surface area contributed by atoms with Crippen molar-refractivity contribution in [2.45, 2.75) is 6.92 Å². The van der Waals surface area contributed by atoms with Gasteiger partial charge in [0.25, 0.3) is 0 Å². The highest BCUT2D eigenvalue weighted by atomic mass is 35.5. The third-order valence-electron chi connectivity index (χ3n) is 2.93. The van der Waals surface area contributed by atoms with Crippen LogP contribution < -0.4 is 16.0 Å². The number of benzene rings is 2. The molecule has 2 rings (SSSR count). The first-order valence-corrected chi connectivity index (χ1v) is 7.66. The van der Waals surface area contributed by atoms with Gasteiger partial charge in [0.2, 0.25) is 11.8 Å². The lowest BCUT2D eigenvalue weighted by atomic mass is 10.2. The van der Waals surface area contributed by atoms with Gasteiger partial charge in [-0.05, 0) is 36.4 Å². The maximum Gasteiger partial charge on any atom is 0.243 e. The van der Waals surface area contributed by atoms with E-state index in [4.69, 9.17) is 23.2 Å². The van der Waals surface area contributed by atoms with Crippen molar-refractivity contribution >= 4 is 52.1 Å². The molecule has 0 spiro atoms. The summed E-state index contributed by atoms with van der Waals surface area (Å²) in [6.45, 7) is 1.15. The summed E-state index contributed by atoms with van der Waals surface area (Å²) in [5, 5.41) is 8.55. The molecule has 0 bridgehead atoms. The summed E-state index contributed by atoms with van der Waals surface area (Å²) in [7, 11) is 0. The summed E-state index contributed by atoms with van der Waals surface area (Å²) >= 11 is 11.8. The van der Waals surface area contributed by atoms with Crippen LogP contribution in [0.25, 0.3) is 0 Å². The molecule has 5 nitrogen and oxygen atoms in total. The van der Waals surface area contributed by atoms with Gasteiger partial charge in [0.05, 0.1) is 22.9 Å². The molecule has 2 aromatic carbocycles. The van der Waals surface area contributed by atoms with E-state index in [0.717, 1.165) is 0 Å². The van der Waals surface area contributed by atoms with E-state index in [2.05, 4.69) is 16.0 Å². The number of hydrogen-bond donors (Lipinski definition) is 3. The molecule has 0 aliphatic heterocycles. The predicted molar refractivity (Wildman–Crippen MR) is 94.3 cm³/mol. The molecule has 24 heavy (non-hydrogen) atoms. The smallest absolute Gasteiger partial charge is 0.243 e. The van der Waals surface area contributed by atoms with Gasteiger partial charge in [-0.3, -0.25) is 9.59 Å². The lowest BCUT2D eigenvalue weighted by molar-refractivity contribution is -0.115. The Labute approximate surface area is 148 Å². The van der Waals surface area contributed by atoms with Crippen LogP contribution in [0, 0.1) is 5.82 Å². The second-order valence-electron chi connectivity index (χ2n) is 4.90. The number of anilines is 3. The third kappa shape index (κ3) is 5.11. The molecule has 0 atom stereocenters. The molecule has 0 heterocycles. The van der Waals surface area contributed by atoms with Gasteiger partial charge in [0, 0.05) is 17.6 Å². The van der Waals surface area contributed by atoms with Crippen LogP contribution in [0.3, 0.4) is 0 Å². The number of amides is 2. The van der Waals surface area contributed by atoms with Crippen molar-refractivity contribution in [3.63, 3.8) is 0 Å². The van der Waals surface area contributed by atoms with Crippen LogP contribution in [0.5, 0.6) is 0 Å². The number of halogens is 3. The third-order valence-corrected chi connectivity index (χ3v) is 3.49. The SMILES string of the molecule is CC(=O)Nc1ccc(F)c(NCC(=O)Nc2cc(Cl)ccc2Cl)c1. The monoisotopic (exact) mass is 369 g/mol. The first kappa shape index (κ1) is 18.0. The van der Waals surface area contributed by atoms with Crippen molar-refractivity contribution in [2.24, 2.45) is 0 Å². The summed E-state index contributed by atoms with van der Waals surface area (Å²) < 4.78 is 13.8. The fourth-order valence-electron chi connectivity index (χ4n) is 1.90. The van der Waals surface area contributed by atoms with Crippen molar-refractivity contribution in [3.8, 4) is 0 Å². The van der Waals surface area contributed by atoms with Gasteiger partial charge >= 0.3 is 0 Å². The van der Waals surface area contributed by atoms with Crippen molar-refractivity contribution in [2.75, 3.05) is 22.5 Å². The Morgan fingerprint density at radius 2 is 1.79 bits per heavy atom. The highest BCUT2D eigenvalue weighted by Crippen LogP contribution is 2.25. The summed E-state index contributed by atoms with van der Waals surface area (Å²) in [6.07, 6.45) is 0. The molecule has 0 aliphatic rings. The zero-order chi connectivity index (χ0) is 17.7. The molecule has 3 N–H and O–H groups in total. The largest absolute Gasteiger partial charge is 0.374 e. The van der Waals surface area contributed by atoms with Gasteiger partial charge in [-0.2, -0.15) is 0 Å². The average Bonchev–Trinajstić information content (AvgIpc) is 2.51. The molecular formula is C16H14Cl2FN3O2. The van der Waals surface area contributed by atoms with E-state index in [-0.39, 0.29) is 18.1 Å². The molecule has 126 valence electrons. The zero-order valence-electron chi connectivity index (χ0n) is 12.6. The summed E-state index contributed by atoms with van der Waals surface area (Å²) in [4.78, 5) is 23.0. The molecular weight excluding hydrogens is 356 g/mol. The average molecular weight is 370 g/mol. The molecule has 0 aromatic heterocycles. The van der Waals surface area contributed by atoms with Crippen LogP contribution >= 0.6 is 23.2 Å². The molecule has 0 saturated heterocycles. The Bertz CT molecular complexity index is 784. The van der Waals surface area contributed by atoms with Crippen molar-refractivity contribution in [1.29, 1.82) is 0 Å². The van der Waals surface area contributed by atoms with Crippen molar-refractivity contribution in [1.82, 2.24) is 0 Å². The highest BCUT2D eigenvalue weighted by molar-refractivity contribution is 6.35. The first-order valence-electron chi connectivity index (χ1n) is 6.91. The summed E-state index contributed by atoms with van der Waals surface area (Å²) in [5.41, 5.74) is 0.877. The van der Waals surface area contributed by atoms with Crippen LogP contribution in [0.1, 0.15) is 6.92 Å². The molecule has 2 amide bonds. The minimum Gasteiger partial charge on any atom is -0.374 e. The Morgan fingerprint density at radius 3 is 2.50 bits per heavy atom. The van der Waals surface area contributed by atoms with Crippen LogP contribution in [0.4, 0.5) is 21.5 Å². The normalized spacial score (nSPS) is 10.2. The van der Waals surface area contributed by atoms with E-state index >= 15 is 0 Å². The Morgan fingerprint density at radius 1 is 1.04 bits per heavy atom. The van der Waals surface area contributed by atoms with Gasteiger partial charge < -0.3 is 16.0 Å². The van der Waals surface area contributed by atoms with Crippen molar-refractivity contribution in [3.05, 3.63) is 52.3 Å². The van der Waals surface area contributed by atoms with Crippen molar-refractivity contribution < 1.29 is 14.0 Å². The fraction of sp³-hybridized carbons (Fsp3) is 0.125. The van der Waals surface area contributed by atoms with Crippen LogP contribution in [0.2, 0.25) is 10.0 Å². The number of hydrogen-bond acceptors (Lipinski definition) is 3. The number of rotatable bonds is 5. The van der Waals surface area contributed by atoms with E-state index < -0.39 is 11.7 Å². The van der Waals surface area contributed by atoms with Gasteiger partial charge in [0.1, 0.15) is 5.82 Å². The lowest BCUT2D eigenvalue weighted by Crippen LogP contribution is -2.22. The molecule has 0 unspecified atom stereocenters. The van der Waals surface area contributed by atoms with Gasteiger partial charge in [-0.15, -0.1) is 0 Å². The maximum atomic E-state index is 13.8. The van der Waals surface area contributed by atoms with E-state index in [1.807, 2.05) is 0 Å². The molecule has 0 radical (unpaired) electrons. The minimum absolute atomic E-state index is 0.0913. The fourth-order valence-corrected chi connectivity index (χ4v) is 2.24. The van der Waals surface area contributed by atoms with Gasteiger partial charge in [-0.25, -0.2) is 4.39 Å². The first-order chi connectivity index (χ1) is 11.3. The number of carbonyl (C=O) groups is 2. The topological polar surface area (TPSA) is 70.2 Å². The van der Waals surface area contributed by atoms with Crippen LogP contribution in [-0.4, -0.2) is 18.4 Å². The Balaban J connectivity index is 2.01. The van der Waals surface area contributed by atoms with E-state index in [0.29, 0.717) is 21.4 Å². The molecule has 0 fully saturated rings. The van der Waals surface area contributed by atoms with E-state index in [9.17, 15) is 14.0 Å². The summed E-state index contributed by atoms with van der Waals surface area (Å²) in [6, 6.07) is 8.69. The lowest BCUT2D eigenvalue weighted by Gasteiger charge is -2.11. The predicted octanol–water partition coefficient (Wildman–Crippen LogP) is 4.14. The van der Waals surface area contributed by atoms with E-state index in [1.54, 1.807) is 12.1 Å². The standard InChI is InChI=1S/C16H14Cl2FN3O2/c1-9(23)21-11-3-5-13(19)15(7-11)20-8-16(24)22-14-6-10(17)2-4-12(14)18/h2-7,20H,8H2,1H3,(H,21,23)(H,22,24). The molecule has 0 saturated carbocycles.